The number of rotatable bonds is 2. The molecule has 1 aliphatic rings. The van der Waals surface area contributed by atoms with Crippen LogP contribution in [-0.2, 0) is 0 Å². The van der Waals surface area contributed by atoms with E-state index in [1.807, 2.05) is 13.8 Å². The van der Waals surface area contributed by atoms with E-state index in [2.05, 4.69) is 15.1 Å². The molecule has 2 aromatic rings. The summed E-state index contributed by atoms with van der Waals surface area (Å²) in [6.07, 6.45) is 4.03. The van der Waals surface area contributed by atoms with E-state index in [0.29, 0.717) is 16.8 Å². The fourth-order valence-corrected chi connectivity index (χ4v) is 1.96. The molecular formula is C12H14ClN5. The van der Waals surface area contributed by atoms with Gasteiger partial charge in [-0.05, 0) is 26.7 Å². The van der Waals surface area contributed by atoms with Crippen LogP contribution < -0.4 is 5.73 Å². The van der Waals surface area contributed by atoms with Gasteiger partial charge in [-0.15, -0.1) is 0 Å². The monoisotopic (exact) mass is 263 g/mol. The van der Waals surface area contributed by atoms with Gasteiger partial charge in [0.1, 0.15) is 11.6 Å². The molecular weight excluding hydrogens is 250 g/mol. The van der Waals surface area contributed by atoms with Gasteiger partial charge in [0.05, 0.1) is 16.9 Å². The third kappa shape index (κ3) is 1.84. The van der Waals surface area contributed by atoms with Crippen molar-refractivity contribution in [2.45, 2.75) is 32.6 Å². The topological polar surface area (TPSA) is 69.6 Å². The first-order chi connectivity index (χ1) is 8.56. The molecule has 0 spiro atoms. The molecule has 6 heteroatoms. The summed E-state index contributed by atoms with van der Waals surface area (Å²) in [5.74, 6) is 2.52. The van der Waals surface area contributed by atoms with Crippen molar-refractivity contribution in [1.29, 1.82) is 0 Å². The zero-order valence-electron chi connectivity index (χ0n) is 10.3. The fourth-order valence-electron chi connectivity index (χ4n) is 1.83. The van der Waals surface area contributed by atoms with E-state index < -0.39 is 0 Å². The average molecular weight is 264 g/mol. The molecule has 0 bridgehead atoms. The number of hydrogen-bond acceptors (Lipinski definition) is 4. The highest BCUT2D eigenvalue weighted by atomic mass is 35.5. The Kier molecular flexibility index (Phi) is 2.52. The maximum atomic E-state index is 6.03. The van der Waals surface area contributed by atoms with Crippen LogP contribution in [0.3, 0.4) is 0 Å². The molecule has 0 aromatic carbocycles. The minimum absolute atomic E-state index is 0.457. The molecule has 2 aromatic heterocycles. The molecule has 2 heterocycles. The molecule has 5 nitrogen and oxygen atoms in total. The molecule has 0 atom stereocenters. The molecule has 1 fully saturated rings. The van der Waals surface area contributed by atoms with E-state index in [4.69, 9.17) is 17.3 Å². The summed E-state index contributed by atoms with van der Waals surface area (Å²) in [5.41, 5.74) is 7.55. The molecule has 2 N–H and O–H groups in total. The number of aryl methyl sites for hydroxylation is 1. The van der Waals surface area contributed by atoms with Gasteiger partial charge < -0.3 is 5.73 Å². The SMILES string of the molecule is Cc1nn(-c2nc(C3CC3)nc(N)c2C)cc1Cl. The quantitative estimate of drug-likeness (QED) is 0.903. The largest absolute Gasteiger partial charge is 0.383 e. The van der Waals surface area contributed by atoms with Crippen molar-refractivity contribution in [3.63, 3.8) is 0 Å². The van der Waals surface area contributed by atoms with Crippen LogP contribution in [0.1, 0.15) is 35.8 Å². The van der Waals surface area contributed by atoms with Crippen LogP contribution in [0.5, 0.6) is 0 Å². The summed E-state index contributed by atoms with van der Waals surface area (Å²) in [5, 5.41) is 4.97. The molecule has 1 aliphatic carbocycles. The first kappa shape index (κ1) is 11.5. The predicted octanol–water partition coefficient (Wildman–Crippen LogP) is 2.39. The van der Waals surface area contributed by atoms with E-state index >= 15 is 0 Å². The number of hydrogen-bond donors (Lipinski definition) is 1. The molecule has 18 heavy (non-hydrogen) atoms. The van der Waals surface area contributed by atoms with Crippen LogP contribution in [0.4, 0.5) is 5.82 Å². The summed E-state index contributed by atoms with van der Waals surface area (Å²) >= 11 is 6.03. The van der Waals surface area contributed by atoms with E-state index in [1.165, 1.54) is 0 Å². The van der Waals surface area contributed by atoms with Gasteiger partial charge in [0.25, 0.3) is 0 Å². The molecule has 0 aliphatic heterocycles. The van der Waals surface area contributed by atoms with Gasteiger partial charge in [0.15, 0.2) is 5.82 Å². The minimum Gasteiger partial charge on any atom is -0.383 e. The Morgan fingerprint density at radius 2 is 2.06 bits per heavy atom. The number of nitrogens with zero attached hydrogens (tertiary/aromatic N) is 4. The van der Waals surface area contributed by atoms with E-state index in [1.54, 1.807) is 10.9 Å². The lowest BCUT2D eigenvalue weighted by atomic mass is 10.3. The molecule has 3 rings (SSSR count). The van der Waals surface area contributed by atoms with Crippen molar-refractivity contribution in [3.05, 3.63) is 28.3 Å². The molecule has 1 saturated carbocycles. The Balaban J connectivity index is 2.14. The van der Waals surface area contributed by atoms with Crippen LogP contribution in [-0.4, -0.2) is 19.7 Å². The fraction of sp³-hybridized carbons (Fsp3) is 0.417. The van der Waals surface area contributed by atoms with Crippen molar-refractivity contribution < 1.29 is 0 Å². The van der Waals surface area contributed by atoms with Gasteiger partial charge in [0, 0.05) is 11.5 Å². The van der Waals surface area contributed by atoms with Crippen molar-refractivity contribution in [2.24, 2.45) is 0 Å². The molecule has 0 amide bonds. The van der Waals surface area contributed by atoms with Crippen LogP contribution in [0.15, 0.2) is 6.20 Å². The second-order valence-electron chi connectivity index (χ2n) is 4.70. The Hall–Kier alpha value is -1.62. The second-order valence-corrected chi connectivity index (χ2v) is 5.10. The lowest BCUT2D eigenvalue weighted by molar-refractivity contribution is 0.793. The number of nitrogens with two attached hydrogens (primary N) is 1. The maximum absolute atomic E-state index is 6.03. The summed E-state index contributed by atoms with van der Waals surface area (Å²) in [7, 11) is 0. The standard InChI is InChI=1S/C12H14ClN5/c1-6-10(14)15-11(8-3-4-8)16-12(6)18-5-9(13)7(2)17-18/h5,8H,3-4H2,1-2H3,(H2,14,15,16). The van der Waals surface area contributed by atoms with Gasteiger partial charge in [-0.25, -0.2) is 14.6 Å². The Bertz CT molecular complexity index is 596. The first-order valence-corrected chi connectivity index (χ1v) is 6.30. The van der Waals surface area contributed by atoms with Crippen molar-refractivity contribution in [1.82, 2.24) is 19.7 Å². The highest BCUT2D eigenvalue weighted by Crippen LogP contribution is 2.39. The molecule has 0 saturated heterocycles. The summed E-state index contributed by atoms with van der Waals surface area (Å²) < 4.78 is 1.68. The van der Waals surface area contributed by atoms with Crippen LogP contribution in [0.2, 0.25) is 5.02 Å². The Labute approximate surface area is 110 Å². The highest BCUT2D eigenvalue weighted by Gasteiger charge is 2.28. The van der Waals surface area contributed by atoms with Crippen LogP contribution in [0, 0.1) is 13.8 Å². The second kappa shape index (κ2) is 3.95. The molecule has 0 radical (unpaired) electrons. The van der Waals surface area contributed by atoms with E-state index in [0.717, 1.165) is 35.7 Å². The van der Waals surface area contributed by atoms with Gasteiger partial charge in [0.2, 0.25) is 0 Å². The van der Waals surface area contributed by atoms with E-state index in [-0.39, 0.29) is 0 Å². The maximum Gasteiger partial charge on any atom is 0.162 e. The van der Waals surface area contributed by atoms with Gasteiger partial charge in [-0.2, -0.15) is 5.10 Å². The number of halogens is 1. The van der Waals surface area contributed by atoms with Crippen molar-refractivity contribution in [3.8, 4) is 5.82 Å². The molecule has 0 unspecified atom stereocenters. The highest BCUT2D eigenvalue weighted by molar-refractivity contribution is 6.31. The smallest absolute Gasteiger partial charge is 0.162 e. The summed E-state index contributed by atoms with van der Waals surface area (Å²) in [4.78, 5) is 8.91. The van der Waals surface area contributed by atoms with Gasteiger partial charge in [-0.3, -0.25) is 0 Å². The predicted molar refractivity (Wildman–Crippen MR) is 70.0 cm³/mol. The lowest BCUT2D eigenvalue weighted by Crippen LogP contribution is -2.09. The van der Waals surface area contributed by atoms with Crippen LogP contribution in [0.25, 0.3) is 5.82 Å². The third-order valence-corrected chi connectivity index (χ3v) is 3.54. The number of anilines is 1. The van der Waals surface area contributed by atoms with E-state index in [9.17, 15) is 0 Å². The Morgan fingerprint density at radius 3 is 2.61 bits per heavy atom. The van der Waals surface area contributed by atoms with Crippen molar-refractivity contribution in [2.75, 3.05) is 5.73 Å². The van der Waals surface area contributed by atoms with Crippen LogP contribution >= 0.6 is 11.6 Å². The summed E-state index contributed by atoms with van der Waals surface area (Å²) in [6.45, 7) is 3.76. The average Bonchev–Trinajstić information content (AvgIpc) is 3.11. The van der Waals surface area contributed by atoms with Gasteiger partial charge in [-0.1, -0.05) is 11.6 Å². The lowest BCUT2D eigenvalue weighted by Gasteiger charge is -2.09. The van der Waals surface area contributed by atoms with Crippen molar-refractivity contribution >= 4 is 17.4 Å². The Morgan fingerprint density at radius 1 is 1.33 bits per heavy atom. The molecule has 94 valence electrons. The zero-order valence-corrected chi connectivity index (χ0v) is 11.1. The normalized spacial score (nSPS) is 15.1. The first-order valence-electron chi connectivity index (χ1n) is 5.92. The zero-order chi connectivity index (χ0) is 12.9. The summed E-state index contributed by atoms with van der Waals surface area (Å²) in [6, 6.07) is 0. The van der Waals surface area contributed by atoms with Gasteiger partial charge >= 0.3 is 0 Å². The minimum atomic E-state index is 0.457. The number of aromatic nitrogens is 4. The third-order valence-electron chi connectivity index (χ3n) is 3.17. The number of nitrogen functional groups attached to an aromatic ring is 1.